The Bertz CT molecular complexity index is 1690. The Kier molecular flexibility index (Phi) is 10.0. The van der Waals surface area contributed by atoms with Crippen molar-refractivity contribution in [3.8, 4) is 11.5 Å². The maximum Gasteiger partial charge on any atom is 0.261 e. The van der Waals surface area contributed by atoms with Crippen LogP contribution >= 0.6 is 11.6 Å². The van der Waals surface area contributed by atoms with Crippen LogP contribution in [-0.4, -0.2) is 71.5 Å². The van der Waals surface area contributed by atoms with E-state index in [1.165, 1.54) is 81.0 Å². The molecule has 43 heavy (non-hydrogen) atoms. The number of likely N-dealkylation sites (tertiary alicyclic amines) is 1. The van der Waals surface area contributed by atoms with Crippen LogP contribution in [-0.2, 0) is 19.9 Å². The summed E-state index contributed by atoms with van der Waals surface area (Å²) in [4.78, 5) is 15.1. The molecule has 11 nitrogen and oxygen atoms in total. The number of halogens is 1. The number of hydrogen-bond donors (Lipinski definition) is 3. The smallest absolute Gasteiger partial charge is 0.261 e. The summed E-state index contributed by atoms with van der Waals surface area (Å²) < 4.78 is 66.0. The number of sulfonamides is 1. The number of hydrogen-bond acceptors (Lipinski definition) is 9. The van der Waals surface area contributed by atoms with E-state index in [-0.39, 0.29) is 38.2 Å². The monoisotopic (exact) mass is 649 g/mol. The van der Waals surface area contributed by atoms with Gasteiger partial charge in [0.1, 0.15) is 5.37 Å². The number of methoxy groups -OCH3 is 2. The fourth-order valence-electron chi connectivity index (χ4n) is 4.65. The van der Waals surface area contributed by atoms with E-state index in [0.29, 0.717) is 31.0 Å². The highest BCUT2D eigenvalue weighted by atomic mass is 35.5. The molecule has 1 unspecified atom stereocenters. The number of aliphatic hydroxyl groups is 1. The van der Waals surface area contributed by atoms with Gasteiger partial charge < -0.3 is 19.9 Å². The lowest BCUT2D eigenvalue weighted by atomic mass is 10.1. The van der Waals surface area contributed by atoms with Gasteiger partial charge in [0.05, 0.1) is 41.4 Å². The number of benzene rings is 3. The lowest BCUT2D eigenvalue weighted by Crippen LogP contribution is -2.45. The molecule has 3 aromatic carbocycles. The van der Waals surface area contributed by atoms with Crippen molar-refractivity contribution in [3.05, 3.63) is 83.9 Å². The maximum absolute atomic E-state index is 13.4. The Morgan fingerprint density at radius 2 is 1.53 bits per heavy atom. The van der Waals surface area contributed by atoms with E-state index < -0.39 is 37.2 Å². The zero-order valence-electron chi connectivity index (χ0n) is 23.5. The topological polar surface area (TPSA) is 151 Å². The van der Waals surface area contributed by atoms with E-state index in [0.717, 1.165) is 0 Å². The van der Waals surface area contributed by atoms with Gasteiger partial charge in [-0.05, 0) is 67.4 Å². The van der Waals surface area contributed by atoms with Crippen LogP contribution in [0.4, 0.5) is 11.4 Å². The van der Waals surface area contributed by atoms with Crippen molar-refractivity contribution >= 4 is 48.7 Å². The Morgan fingerprint density at radius 1 is 0.977 bits per heavy atom. The predicted molar refractivity (Wildman–Crippen MR) is 164 cm³/mol. The third-order valence-electron chi connectivity index (χ3n) is 6.96. The molecule has 3 N–H and O–H groups in total. The van der Waals surface area contributed by atoms with Crippen molar-refractivity contribution in [3.63, 3.8) is 0 Å². The van der Waals surface area contributed by atoms with E-state index in [1.807, 2.05) is 0 Å². The molecule has 1 heterocycles. The number of anilines is 2. The SMILES string of the molecule is C=CC(N1CCC(O)CC1)S(=O)(=O)c1ccc(NC(=O)c2cc(OC)c(OC)cc2NS(=O)(=O)c2ccc(Cl)cc2)cc1. The number of sulfone groups is 1. The van der Waals surface area contributed by atoms with E-state index >= 15 is 0 Å². The molecule has 0 saturated carbocycles. The molecule has 1 aliphatic rings. The van der Waals surface area contributed by atoms with E-state index in [4.69, 9.17) is 21.1 Å². The van der Waals surface area contributed by atoms with Gasteiger partial charge in [-0.15, -0.1) is 6.58 Å². The van der Waals surface area contributed by atoms with Crippen LogP contribution in [0.1, 0.15) is 23.2 Å². The minimum Gasteiger partial charge on any atom is -0.493 e. The van der Waals surface area contributed by atoms with E-state index in [2.05, 4.69) is 16.6 Å². The first kappa shape index (κ1) is 32.3. The van der Waals surface area contributed by atoms with E-state index in [9.17, 15) is 26.7 Å². The molecule has 0 radical (unpaired) electrons. The highest BCUT2D eigenvalue weighted by Gasteiger charge is 2.33. The van der Waals surface area contributed by atoms with E-state index in [1.54, 1.807) is 4.90 Å². The maximum atomic E-state index is 13.4. The summed E-state index contributed by atoms with van der Waals surface area (Å²) in [5.74, 6) is -0.326. The van der Waals surface area contributed by atoms with Gasteiger partial charge >= 0.3 is 0 Å². The Labute approximate surface area is 256 Å². The molecular formula is C29H32ClN3O8S2. The molecule has 14 heteroatoms. The molecule has 0 bridgehead atoms. The van der Waals surface area contributed by atoms with Crippen molar-refractivity contribution in [2.75, 3.05) is 37.3 Å². The van der Waals surface area contributed by atoms with Crippen molar-refractivity contribution in [2.45, 2.75) is 34.1 Å². The number of rotatable bonds is 11. The molecule has 4 rings (SSSR count). The van der Waals surface area contributed by atoms with Crippen molar-refractivity contribution in [1.29, 1.82) is 0 Å². The van der Waals surface area contributed by atoms with Crippen molar-refractivity contribution in [1.82, 2.24) is 4.90 Å². The number of amides is 1. The Morgan fingerprint density at radius 3 is 2.09 bits per heavy atom. The number of ether oxygens (including phenoxy) is 2. The first-order valence-electron chi connectivity index (χ1n) is 13.1. The highest BCUT2D eigenvalue weighted by Crippen LogP contribution is 2.35. The Hall–Kier alpha value is -3.62. The summed E-state index contributed by atoms with van der Waals surface area (Å²) in [6.45, 7) is 4.54. The molecule has 0 aliphatic carbocycles. The van der Waals surface area contributed by atoms with Gasteiger partial charge in [0, 0.05) is 29.9 Å². The molecule has 1 aliphatic heterocycles. The Balaban J connectivity index is 1.60. The molecular weight excluding hydrogens is 618 g/mol. The fraction of sp³-hybridized carbons (Fsp3) is 0.276. The van der Waals surface area contributed by atoms with Gasteiger partial charge in [-0.3, -0.25) is 14.4 Å². The molecule has 1 fully saturated rings. The highest BCUT2D eigenvalue weighted by molar-refractivity contribution is 7.92. The number of carbonyl (C=O) groups excluding carboxylic acids is 1. The lowest BCUT2D eigenvalue weighted by Gasteiger charge is -2.34. The second kappa shape index (κ2) is 13.3. The summed E-state index contributed by atoms with van der Waals surface area (Å²) in [5.41, 5.74) is 0.108. The first-order valence-corrected chi connectivity index (χ1v) is 16.5. The van der Waals surface area contributed by atoms with Gasteiger partial charge in [0.25, 0.3) is 15.9 Å². The zero-order chi connectivity index (χ0) is 31.4. The van der Waals surface area contributed by atoms with Crippen molar-refractivity contribution < 1.29 is 36.2 Å². The van der Waals surface area contributed by atoms with Crippen LogP contribution in [0.5, 0.6) is 11.5 Å². The minimum atomic E-state index is -4.13. The zero-order valence-corrected chi connectivity index (χ0v) is 25.9. The number of aliphatic hydroxyl groups excluding tert-OH is 1. The first-order chi connectivity index (χ1) is 20.4. The number of carbonyl (C=O) groups is 1. The van der Waals surface area contributed by atoms with Gasteiger partial charge in [-0.2, -0.15) is 0 Å². The molecule has 0 aromatic heterocycles. The molecule has 1 amide bonds. The number of nitrogens with zero attached hydrogens (tertiary/aromatic N) is 1. The quantitative estimate of drug-likeness (QED) is 0.260. The minimum absolute atomic E-state index is 0.0315. The summed E-state index contributed by atoms with van der Waals surface area (Å²) in [7, 11) is -5.22. The van der Waals surface area contributed by atoms with Gasteiger partial charge in [-0.1, -0.05) is 17.7 Å². The number of piperidine rings is 1. The summed E-state index contributed by atoms with van der Waals surface area (Å²) in [6.07, 6.45) is 1.86. The second-order valence-corrected chi connectivity index (χ2v) is 13.9. The molecule has 1 atom stereocenters. The van der Waals surface area contributed by atoms with Gasteiger partial charge in [0.2, 0.25) is 0 Å². The molecule has 230 valence electrons. The largest absolute Gasteiger partial charge is 0.493 e. The average Bonchev–Trinajstić information content (AvgIpc) is 2.98. The standard InChI is InChI=1S/C29H32ClN3O8S2/c1-4-28(33-15-13-21(34)14-16-33)42(36,37)22-11-7-20(8-12-22)31-29(35)24-17-26(40-2)27(41-3)18-25(24)32-43(38,39)23-9-5-19(30)6-10-23/h4-12,17-18,21,28,32,34H,1,13-16H2,2-3H3,(H,31,35). The average molecular weight is 650 g/mol. The molecule has 1 saturated heterocycles. The van der Waals surface area contributed by atoms with Crippen molar-refractivity contribution in [2.24, 2.45) is 0 Å². The van der Waals surface area contributed by atoms with Crippen LogP contribution in [0.25, 0.3) is 0 Å². The second-order valence-electron chi connectivity index (χ2n) is 9.73. The third kappa shape index (κ3) is 7.31. The summed E-state index contributed by atoms with van der Waals surface area (Å²) >= 11 is 5.89. The van der Waals surface area contributed by atoms with Crippen LogP contribution < -0.4 is 19.5 Å². The summed E-state index contributed by atoms with van der Waals surface area (Å²) in [5, 5.41) is 11.8. The third-order valence-corrected chi connectivity index (χ3v) is 10.6. The number of nitrogens with one attached hydrogen (secondary N) is 2. The lowest BCUT2D eigenvalue weighted by molar-refractivity contribution is 0.0822. The van der Waals surface area contributed by atoms with Gasteiger partial charge in [0.15, 0.2) is 21.3 Å². The van der Waals surface area contributed by atoms with Crippen LogP contribution in [0.15, 0.2) is 83.1 Å². The molecule has 0 spiro atoms. The molecule has 3 aromatic rings. The van der Waals surface area contributed by atoms with Crippen LogP contribution in [0.3, 0.4) is 0 Å². The van der Waals surface area contributed by atoms with Crippen LogP contribution in [0.2, 0.25) is 5.02 Å². The predicted octanol–water partition coefficient (Wildman–Crippen LogP) is 4.15. The summed E-state index contributed by atoms with van der Waals surface area (Å²) in [6, 6.07) is 13.8. The normalized spacial score (nSPS) is 15.3. The van der Waals surface area contributed by atoms with Crippen LogP contribution in [0, 0.1) is 0 Å². The fourth-order valence-corrected chi connectivity index (χ4v) is 7.49. The van der Waals surface area contributed by atoms with Gasteiger partial charge in [-0.25, -0.2) is 16.8 Å².